The average Bonchev–Trinajstić information content (AvgIpc) is 2.23. The summed E-state index contributed by atoms with van der Waals surface area (Å²) in [6, 6.07) is 0.271. The van der Waals surface area contributed by atoms with E-state index in [2.05, 4.69) is 59.1 Å². The summed E-state index contributed by atoms with van der Waals surface area (Å²) >= 11 is 0. The van der Waals surface area contributed by atoms with E-state index in [0.29, 0.717) is 6.54 Å². The smallest absolute Gasteiger partial charge is 0.249 e. The average molecular weight is 238 g/mol. The number of hydrogen-bond donors (Lipinski definition) is 2. The lowest BCUT2D eigenvalue weighted by Crippen LogP contribution is -2.36. The van der Waals surface area contributed by atoms with Crippen molar-refractivity contribution in [1.82, 2.24) is 10.6 Å². The standard InChI is InChI=1S/C14H26N2O/c1-9-8-15-12(17)10(13(2,3)4)11(16-9)14(5,6)7/h9,16H,8H2,1-7H3,(H,15,17). The van der Waals surface area contributed by atoms with Gasteiger partial charge in [0.15, 0.2) is 0 Å². The fourth-order valence-corrected chi connectivity index (χ4v) is 2.12. The van der Waals surface area contributed by atoms with Crippen LogP contribution in [0.4, 0.5) is 0 Å². The Bertz CT molecular complexity index is 342. The molecule has 1 aliphatic heterocycles. The highest BCUT2D eigenvalue weighted by atomic mass is 16.1. The van der Waals surface area contributed by atoms with E-state index in [1.165, 1.54) is 0 Å². The first kappa shape index (κ1) is 14.1. The third-order valence-corrected chi connectivity index (χ3v) is 2.94. The molecule has 0 aromatic heterocycles. The minimum atomic E-state index is -0.149. The van der Waals surface area contributed by atoms with Crippen LogP contribution in [0.5, 0.6) is 0 Å². The molecule has 1 atom stereocenters. The fourth-order valence-electron chi connectivity index (χ4n) is 2.12. The molecule has 0 saturated carbocycles. The molecule has 0 radical (unpaired) electrons. The van der Waals surface area contributed by atoms with Crippen molar-refractivity contribution in [2.45, 2.75) is 54.5 Å². The maximum Gasteiger partial charge on any atom is 0.249 e. The van der Waals surface area contributed by atoms with Gasteiger partial charge in [-0.3, -0.25) is 4.79 Å². The summed E-state index contributed by atoms with van der Waals surface area (Å²) in [7, 11) is 0. The molecular formula is C14H26N2O. The molecule has 1 aliphatic rings. The summed E-state index contributed by atoms with van der Waals surface area (Å²) in [5, 5.41) is 6.50. The van der Waals surface area contributed by atoms with Gasteiger partial charge >= 0.3 is 0 Å². The van der Waals surface area contributed by atoms with Crippen LogP contribution in [0.3, 0.4) is 0 Å². The first-order valence-corrected chi connectivity index (χ1v) is 6.33. The first-order valence-electron chi connectivity index (χ1n) is 6.33. The number of carbonyl (C=O) groups excluding carboxylic acids is 1. The second kappa shape index (κ2) is 4.35. The zero-order chi connectivity index (χ0) is 13.4. The van der Waals surface area contributed by atoms with Crippen LogP contribution in [0.15, 0.2) is 11.3 Å². The molecule has 3 heteroatoms. The Morgan fingerprint density at radius 2 is 1.59 bits per heavy atom. The molecule has 2 N–H and O–H groups in total. The highest BCUT2D eigenvalue weighted by Gasteiger charge is 2.34. The SMILES string of the molecule is CC1CNC(=O)C(C(C)(C)C)=C(C(C)(C)C)N1. The molecule has 3 nitrogen and oxygen atoms in total. The van der Waals surface area contributed by atoms with Crippen LogP contribution in [-0.2, 0) is 4.79 Å². The van der Waals surface area contributed by atoms with Gasteiger partial charge in [0.25, 0.3) is 0 Å². The number of hydrogen-bond acceptors (Lipinski definition) is 2. The largest absolute Gasteiger partial charge is 0.383 e. The van der Waals surface area contributed by atoms with Gasteiger partial charge in [0.05, 0.1) is 0 Å². The number of amides is 1. The van der Waals surface area contributed by atoms with E-state index in [0.717, 1.165) is 11.3 Å². The normalized spacial score (nSPS) is 23.0. The van der Waals surface area contributed by atoms with E-state index in [9.17, 15) is 4.79 Å². The van der Waals surface area contributed by atoms with Crippen molar-refractivity contribution in [3.05, 3.63) is 11.3 Å². The van der Waals surface area contributed by atoms with E-state index in [-0.39, 0.29) is 22.8 Å². The maximum atomic E-state index is 12.3. The van der Waals surface area contributed by atoms with Crippen LogP contribution < -0.4 is 10.6 Å². The second-order valence-corrected chi connectivity index (χ2v) is 7.01. The predicted molar refractivity (Wildman–Crippen MR) is 71.5 cm³/mol. The molecule has 0 bridgehead atoms. The summed E-state index contributed by atoms with van der Waals surface area (Å²) in [6.07, 6.45) is 0. The first-order chi connectivity index (χ1) is 7.53. The van der Waals surface area contributed by atoms with Crippen LogP contribution >= 0.6 is 0 Å². The zero-order valence-corrected chi connectivity index (χ0v) is 12.2. The lowest BCUT2D eigenvalue weighted by Gasteiger charge is -2.32. The Kier molecular flexibility index (Phi) is 3.60. The minimum absolute atomic E-state index is 0.0431. The van der Waals surface area contributed by atoms with Gasteiger partial charge in [-0.05, 0) is 12.3 Å². The molecular weight excluding hydrogens is 212 g/mol. The molecule has 1 amide bonds. The molecule has 0 spiro atoms. The molecule has 1 unspecified atom stereocenters. The van der Waals surface area contributed by atoms with Crippen LogP contribution in [-0.4, -0.2) is 18.5 Å². The van der Waals surface area contributed by atoms with Gasteiger partial charge in [0.1, 0.15) is 0 Å². The van der Waals surface area contributed by atoms with Crippen molar-refractivity contribution in [1.29, 1.82) is 0 Å². The van der Waals surface area contributed by atoms with Gasteiger partial charge in [-0.1, -0.05) is 41.5 Å². The number of rotatable bonds is 0. The summed E-state index contributed by atoms with van der Waals surface area (Å²) in [5.41, 5.74) is 1.77. The summed E-state index contributed by atoms with van der Waals surface area (Å²) < 4.78 is 0. The van der Waals surface area contributed by atoms with E-state index >= 15 is 0 Å². The van der Waals surface area contributed by atoms with E-state index in [1.54, 1.807) is 0 Å². The lowest BCUT2D eigenvalue weighted by molar-refractivity contribution is -0.118. The third kappa shape index (κ3) is 3.24. The third-order valence-electron chi connectivity index (χ3n) is 2.94. The monoisotopic (exact) mass is 238 g/mol. The zero-order valence-electron chi connectivity index (χ0n) is 12.2. The van der Waals surface area contributed by atoms with Crippen LogP contribution in [0.25, 0.3) is 0 Å². The minimum Gasteiger partial charge on any atom is -0.383 e. The van der Waals surface area contributed by atoms with E-state index in [4.69, 9.17) is 0 Å². The number of allylic oxidation sites excluding steroid dienone is 1. The Labute approximate surface area is 105 Å². The van der Waals surface area contributed by atoms with Crippen molar-refractivity contribution >= 4 is 5.91 Å². The Balaban J connectivity index is 3.38. The van der Waals surface area contributed by atoms with Crippen LogP contribution in [0, 0.1) is 10.8 Å². The number of nitrogens with one attached hydrogen (secondary N) is 2. The van der Waals surface area contributed by atoms with Crippen molar-refractivity contribution in [3.63, 3.8) is 0 Å². The van der Waals surface area contributed by atoms with Gasteiger partial charge in [-0.25, -0.2) is 0 Å². The molecule has 0 aromatic carbocycles. The second-order valence-electron chi connectivity index (χ2n) is 7.01. The number of carbonyl (C=O) groups is 1. The molecule has 0 aliphatic carbocycles. The molecule has 17 heavy (non-hydrogen) atoms. The van der Waals surface area contributed by atoms with Crippen molar-refractivity contribution in [2.24, 2.45) is 10.8 Å². The predicted octanol–water partition coefficient (Wildman–Crippen LogP) is 2.44. The molecule has 0 aromatic rings. The van der Waals surface area contributed by atoms with Gasteiger partial charge in [-0.15, -0.1) is 0 Å². The highest BCUT2D eigenvalue weighted by molar-refractivity contribution is 5.95. The summed E-state index contributed by atoms with van der Waals surface area (Å²) in [5.74, 6) is 0.0688. The van der Waals surface area contributed by atoms with E-state index in [1.807, 2.05) is 0 Å². The topological polar surface area (TPSA) is 41.1 Å². The Morgan fingerprint density at radius 1 is 1.06 bits per heavy atom. The molecule has 1 heterocycles. The molecule has 0 saturated heterocycles. The van der Waals surface area contributed by atoms with Crippen molar-refractivity contribution < 1.29 is 4.79 Å². The van der Waals surface area contributed by atoms with Crippen molar-refractivity contribution in [2.75, 3.05) is 6.54 Å². The summed E-state index contributed by atoms with van der Waals surface area (Å²) in [4.78, 5) is 12.3. The highest BCUT2D eigenvalue weighted by Crippen LogP contribution is 2.36. The van der Waals surface area contributed by atoms with Gasteiger partial charge in [0.2, 0.25) is 5.91 Å². The van der Waals surface area contributed by atoms with Crippen LogP contribution in [0.1, 0.15) is 48.5 Å². The van der Waals surface area contributed by atoms with Gasteiger partial charge in [0, 0.05) is 29.3 Å². The van der Waals surface area contributed by atoms with Crippen LogP contribution in [0.2, 0.25) is 0 Å². The van der Waals surface area contributed by atoms with Gasteiger partial charge < -0.3 is 10.6 Å². The lowest BCUT2D eigenvalue weighted by atomic mass is 9.78. The van der Waals surface area contributed by atoms with Gasteiger partial charge in [-0.2, -0.15) is 0 Å². The molecule has 0 fully saturated rings. The quantitative estimate of drug-likeness (QED) is 0.680. The molecule has 1 rings (SSSR count). The molecule has 98 valence electrons. The fraction of sp³-hybridized carbons (Fsp3) is 0.786. The Hall–Kier alpha value is -0.990. The summed E-state index contributed by atoms with van der Waals surface area (Å²) in [6.45, 7) is 15.5. The maximum absolute atomic E-state index is 12.3. The van der Waals surface area contributed by atoms with E-state index < -0.39 is 0 Å². The van der Waals surface area contributed by atoms with Crippen molar-refractivity contribution in [3.8, 4) is 0 Å². The Morgan fingerprint density at radius 3 is 2.00 bits per heavy atom.